The highest BCUT2D eigenvalue weighted by Crippen LogP contribution is 2.28. The number of halogens is 1. The van der Waals surface area contributed by atoms with Crippen LogP contribution in [0.1, 0.15) is 11.1 Å². The third-order valence-corrected chi connectivity index (χ3v) is 4.35. The van der Waals surface area contributed by atoms with Crippen LogP contribution in [-0.2, 0) is 6.54 Å². The zero-order valence-electron chi connectivity index (χ0n) is 10.4. The van der Waals surface area contributed by atoms with Gasteiger partial charge in [-0.15, -0.1) is 0 Å². The Morgan fingerprint density at radius 2 is 2.00 bits per heavy atom. The van der Waals surface area contributed by atoms with E-state index in [9.17, 15) is 0 Å². The topological polar surface area (TPSA) is 48.7 Å². The number of nitriles is 1. The number of anilines is 1. The molecule has 0 saturated heterocycles. The van der Waals surface area contributed by atoms with Crippen LogP contribution in [0.3, 0.4) is 0 Å². The highest BCUT2D eigenvalue weighted by Gasteiger charge is 2.04. The first-order valence-corrected chi connectivity index (χ1v) is 7.64. The molecule has 1 heterocycles. The van der Waals surface area contributed by atoms with Gasteiger partial charge in [-0.1, -0.05) is 39.4 Å². The Balaban J connectivity index is 1.74. The number of hydrogen-bond acceptors (Lipinski definition) is 4. The summed E-state index contributed by atoms with van der Waals surface area (Å²) in [4.78, 5) is 4.54. The highest BCUT2D eigenvalue weighted by atomic mass is 79.9. The lowest BCUT2D eigenvalue weighted by Gasteiger charge is -2.02. The number of nitrogens with zero attached hydrogens (tertiary/aromatic N) is 2. The van der Waals surface area contributed by atoms with Crippen molar-refractivity contribution in [1.29, 1.82) is 5.26 Å². The van der Waals surface area contributed by atoms with E-state index in [0.717, 1.165) is 25.4 Å². The molecule has 98 valence electrons. The number of hydrogen-bond donors (Lipinski definition) is 1. The van der Waals surface area contributed by atoms with Crippen molar-refractivity contribution >= 4 is 42.6 Å². The van der Waals surface area contributed by atoms with Gasteiger partial charge in [0.2, 0.25) is 0 Å². The SMILES string of the molecule is N#Cc1ccc(CNc2nc3ccc(Br)cc3s2)cc1. The minimum Gasteiger partial charge on any atom is -0.357 e. The van der Waals surface area contributed by atoms with E-state index >= 15 is 0 Å². The second-order valence-corrected chi connectivity index (χ2v) is 6.24. The van der Waals surface area contributed by atoms with Crippen LogP contribution in [0, 0.1) is 11.3 Å². The Morgan fingerprint density at radius 3 is 2.75 bits per heavy atom. The zero-order valence-corrected chi connectivity index (χ0v) is 12.8. The van der Waals surface area contributed by atoms with Gasteiger partial charge in [-0.25, -0.2) is 4.98 Å². The van der Waals surface area contributed by atoms with Crippen LogP contribution in [0.5, 0.6) is 0 Å². The summed E-state index contributed by atoms with van der Waals surface area (Å²) in [6.07, 6.45) is 0. The first-order valence-electron chi connectivity index (χ1n) is 6.03. The monoisotopic (exact) mass is 343 g/mol. The van der Waals surface area contributed by atoms with Gasteiger partial charge in [0.25, 0.3) is 0 Å². The summed E-state index contributed by atoms with van der Waals surface area (Å²) in [6, 6.07) is 15.7. The lowest BCUT2D eigenvalue weighted by molar-refractivity contribution is 1.14. The Hall–Kier alpha value is -1.90. The molecule has 0 saturated carbocycles. The van der Waals surface area contributed by atoms with Gasteiger partial charge in [0.05, 0.1) is 21.8 Å². The normalized spacial score (nSPS) is 10.4. The van der Waals surface area contributed by atoms with Gasteiger partial charge < -0.3 is 5.32 Å². The molecular formula is C15H10BrN3S. The van der Waals surface area contributed by atoms with Crippen molar-refractivity contribution in [1.82, 2.24) is 4.98 Å². The largest absolute Gasteiger partial charge is 0.357 e. The van der Waals surface area contributed by atoms with Gasteiger partial charge in [0.15, 0.2) is 5.13 Å². The molecule has 5 heteroatoms. The van der Waals surface area contributed by atoms with Crippen LogP contribution in [0.15, 0.2) is 46.9 Å². The van der Waals surface area contributed by atoms with Crippen LogP contribution in [-0.4, -0.2) is 4.98 Å². The van der Waals surface area contributed by atoms with E-state index in [1.807, 2.05) is 36.4 Å². The fourth-order valence-electron chi connectivity index (χ4n) is 1.85. The van der Waals surface area contributed by atoms with Crippen molar-refractivity contribution in [2.24, 2.45) is 0 Å². The summed E-state index contributed by atoms with van der Waals surface area (Å²) in [5.41, 5.74) is 2.81. The molecule has 0 aliphatic rings. The molecule has 2 aromatic carbocycles. The van der Waals surface area contributed by atoms with Crippen molar-refractivity contribution in [3.63, 3.8) is 0 Å². The lowest BCUT2D eigenvalue weighted by atomic mass is 10.1. The molecule has 3 aromatic rings. The molecular weight excluding hydrogens is 334 g/mol. The minimum atomic E-state index is 0.679. The van der Waals surface area contributed by atoms with E-state index in [1.54, 1.807) is 11.3 Å². The molecule has 0 radical (unpaired) electrons. The van der Waals surface area contributed by atoms with Gasteiger partial charge in [-0.3, -0.25) is 0 Å². The molecule has 0 atom stereocenters. The van der Waals surface area contributed by atoms with Crippen molar-refractivity contribution in [2.45, 2.75) is 6.54 Å². The van der Waals surface area contributed by atoms with Gasteiger partial charge >= 0.3 is 0 Å². The number of nitrogens with one attached hydrogen (secondary N) is 1. The minimum absolute atomic E-state index is 0.679. The predicted octanol–water partition coefficient (Wildman–Crippen LogP) is 4.54. The average molecular weight is 344 g/mol. The summed E-state index contributed by atoms with van der Waals surface area (Å²) >= 11 is 5.10. The molecule has 0 amide bonds. The summed E-state index contributed by atoms with van der Waals surface area (Å²) in [6.45, 7) is 0.701. The number of thiazole rings is 1. The van der Waals surface area contributed by atoms with Gasteiger partial charge in [0.1, 0.15) is 0 Å². The maximum Gasteiger partial charge on any atom is 0.184 e. The van der Waals surface area contributed by atoms with E-state index < -0.39 is 0 Å². The number of aromatic nitrogens is 1. The molecule has 1 N–H and O–H groups in total. The number of fused-ring (bicyclic) bond motifs is 1. The Morgan fingerprint density at radius 1 is 1.20 bits per heavy atom. The third-order valence-electron chi connectivity index (χ3n) is 2.88. The van der Waals surface area contributed by atoms with Gasteiger partial charge in [0, 0.05) is 11.0 Å². The standard InChI is InChI=1S/C15H10BrN3S/c16-12-5-6-13-14(7-12)20-15(19-13)18-9-11-3-1-10(8-17)2-4-11/h1-7H,9H2,(H,18,19). The molecule has 1 aromatic heterocycles. The number of benzene rings is 2. The van der Waals surface area contributed by atoms with Crippen LogP contribution in [0.4, 0.5) is 5.13 Å². The fourth-order valence-corrected chi connectivity index (χ4v) is 3.26. The van der Waals surface area contributed by atoms with E-state index in [0.29, 0.717) is 12.1 Å². The maximum absolute atomic E-state index is 8.76. The van der Waals surface area contributed by atoms with Crippen molar-refractivity contribution in [3.05, 3.63) is 58.1 Å². The lowest BCUT2D eigenvalue weighted by Crippen LogP contribution is -1.98. The Kier molecular flexibility index (Phi) is 3.68. The van der Waals surface area contributed by atoms with E-state index in [2.05, 4.69) is 38.4 Å². The van der Waals surface area contributed by atoms with E-state index in [1.165, 1.54) is 0 Å². The fraction of sp³-hybridized carbons (Fsp3) is 0.0667. The number of rotatable bonds is 3. The molecule has 0 bridgehead atoms. The second-order valence-electron chi connectivity index (χ2n) is 4.29. The summed E-state index contributed by atoms with van der Waals surface area (Å²) in [7, 11) is 0. The maximum atomic E-state index is 8.76. The predicted molar refractivity (Wildman–Crippen MR) is 85.8 cm³/mol. The van der Waals surface area contributed by atoms with Crippen LogP contribution >= 0.6 is 27.3 Å². The molecule has 0 aliphatic heterocycles. The van der Waals surface area contributed by atoms with Gasteiger partial charge in [-0.2, -0.15) is 5.26 Å². The van der Waals surface area contributed by atoms with Crippen molar-refractivity contribution in [3.8, 4) is 6.07 Å². The van der Waals surface area contributed by atoms with Crippen LogP contribution in [0.25, 0.3) is 10.2 Å². The zero-order chi connectivity index (χ0) is 13.9. The van der Waals surface area contributed by atoms with Crippen molar-refractivity contribution in [2.75, 3.05) is 5.32 Å². The molecule has 0 spiro atoms. The first-order chi connectivity index (χ1) is 9.74. The van der Waals surface area contributed by atoms with Crippen molar-refractivity contribution < 1.29 is 0 Å². The van der Waals surface area contributed by atoms with E-state index in [4.69, 9.17) is 5.26 Å². The average Bonchev–Trinajstić information content (AvgIpc) is 2.87. The Bertz CT molecular complexity index is 787. The smallest absolute Gasteiger partial charge is 0.184 e. The van der Waals surface area contributed by atoms with Crippen LogP contribution < -0.4 is 5.32 Å². The molecule has 0 unspecified atom stereocenters. The second kappa shape index (κ2) is 5.61. The summed E-state index contributed by atoms with van der Waals surface area (Å²) in [5, 5.41) is 13.0. The Labute approximate surface area is 129 Å². The molecule has 3 rings (SSSR count). The molecule has 3 nitrogen and oxygen atoms in total. The quantitative estimate of drug-likeness (QED) is 0.759. The first kappa shape index (κ1) is 13.1. The van der Waals surface area contributed by atoms with E-state index in [-0.39, 0.29) is 0 Å². The van der Waals surface area contributed by atoms with Gasteiger partial charge in [-0.05, 0) is 35.9 Å². The molecule has 0 fully saturated rings. The van der Waals surface area contributed by atoms with Crippen LogP contribution in [0.2, 0.25) is 0 Å². The summed E-state index contributed by atoms with van der Waals surface area (Å²) in [5.74, 6) is 0. The highest BCUT2D eigenvalue weighted by molar-refractivity contribution is 9.10. The molecule has 0 aliphatic carbocycles. The summed E-state index contributed by atoms with van der Waals surface area (Å²) < 4.78 is 2.22. The molecule has 20 heavy (non-hydrogen) atoms. The third kappa shape index (κ3) is 2.82.